The Labute approximate surface area is 123 Å². The van der Waals surface area contributed by atoms with Crippen LogP contribution in [0.2, 0.25) is 0 Å². The zero-order chi connectivity index (χ0) is 14.4. The minimum absolute atomic E-state index is 0.664. The molecular weight excluding hydrogens is 248 g/mol. The normalized spacial score (nSPS) is 17.6. The zero-order valence-electron chi connectivity index (χ0n) is 13.1. The van der Waals surface area contributed by atoms with Gasteiger partial charge in [-0.05, 0) is 32.4 Å². The molecule has 0 spiro atoms. The summed E-state index contributed by atoms with van der Waals surface area (Å²) in [4.78, 5) is 9.55. The molecule has 0 bridgehead atoms. The van der Waals surface area contributed by atoms with Crippen LogP contribution in [-0.2, 0) is 6.54 Å². The molecule has 0 aromatic carbocycles. The summed E-state index contributed by atoms with van der Waals surface area (Å²) in [5.74, 6) is 0. The number of hydrogen-bond acceptors (Lipinski definition) is 4. The number of pyridine rings is 1. The van der Waals surface area contributed by atoms with Gasteiger partial charge in [0, 0.05) is 57.2 Å². The summed E-state index contributed by atoms with van der Waals surface area (Å²) in [6.45, 7) is 13.4. The van der Waals surface area contributed by atoms with Crippen molar-refractivity contribution in [3.63, 3.8) is 0 Å². The second-order valence-electron chi connectivity index (χ2n) is 5.87. The molecule has 0 radical (unpaired) electrons. The molecule has 20 heavy (non-hydrogen) atoms. The smallest absolute Gasteiger partial charge is 0.0564 e. The topological polar surface area (TPSA) is 31.4 Å². The third kappa shape index (κ3) is 4.46. The Hall–Kier alpha value is -1.13. The van der Waals surface area contributed by atoms with Gasteiger partial charge in [0.25, 0.3) is 0 Å². The van der Waals surface area contributed by atoms with Crippen molar-refractivity contribution in [1.82, 2.24) is 14.8 Å². The molecule has 1 aromatic heterocycles. The highest BCUT2D eigenvalue weighted by molar-refractivity contribution is 5.43. The first-order chi connectivity index (χ1) is 9.69. The van der Waals surface area contributed by atoms with Gasteiger partial charge in [0.2, 0.25) is 0 Å². The molecule has 4 nitrogen and oxygen atoms in total. The van der Waals surface area contributed by atoms with Crippen molar-refractivity contribution >= 4 is 5.69 Å². The highest BCUT2D eigenvalue weighted by atomic mass is 15.3. The predicted octanol–water partition coefficient (Wildman–Crippen LogP) is 2.43. The predicted molar refractivity (Wildman–Crippen MR) is 85.0 cm³/mol. The highest BCUT2D eigenvalue weighted by Gasteiger charge is 2.18. The van der Waals surface area contributed by atoms with Crippen molar-refractivity contribution in [2.45, 2.75) is 39.8 Å². The lowest BCUT2D eigenvalue weighted by atomic mass is 10.2. The van der Waals surface area contributed by atoms with E-state index in [1.165, 1.54) is 24.5 Å². The Morgan fingerprint density at radius 2 is 2.00 bits per heavy atom. The van der Waals surface area contributed by atoms with Crippen LogP contribution in [-0.4, -0.2) is 53.5 Å². The van der Waals surface area contributed by atoms with Gasteiger partial charge in [0.05, 0.1) is 5.69 Å². The van der Waals surface area contributed by atoms with Crippen LogP contribution in [0.25, 0.3) is 0 Å². The van der Waals surface area contributed by atoms with E-state index in [1.807, 2.05) is 6.20 Å². The summed E-state index contributed by atoms with van der Waals surface area (Å²) >= 11 is 0. The molecule has 0 amide bonds. The van der Waals surface area contributed by atoms with Crippen molar-refractivity contribution in [2.75, 3.05) is 38.0 Å². The molecule has 112 valence electrons. The van der Waals surface area contributed by atoms with Gasteiger partial charge < -0.3 is 5.32 Å². The minimum atomic E-state index is 0.664. The van der Waals surface area contributed by atoms with Crippen LogP contribution < -0.4 is 5.32 Å². The maximum atomic E-state index is 4.50. The first-order valence-electron chi connectivity index (χ1n) is 7.84. The van der Waals surface area contributed by atoms with Gasteiger partial charge in [-0.15, -0.1) is 0 Å². The van der Waals surface area contributed by atoms with Crippen molar-refractivity contribution in [3.8, 4) is 0 Å². The van der Waals surface area contributed by atoms with E-state index in [2.05, 4.69) is 53.0 Å². The summed E-state index contributed by atoms with van der Waals surface area (Å²) in [5, 5.41) is 3.43. The van der Waals surface area contributed by atoms with Crippen molar-refractivity contribution in [3.05, 3.63) is 24.0 Å². The van der Waals surface area contributed by atoms with Gasteiger partial charge in [0.1, 0.15) is 0 Å². The van der Waals surface area contributed by atoms with Crippen LogP contribution in [0.15, 0.2) is 18.3 Å². The molecule has 1 saturated heterocycles. The fourth-order valence-electron chi connectivity index (χ4n) is 2.61. The molecule has 2 rings (SSSR count). The lowest BCUT2D eigenvalue weighted by Gasteiger charge is -2.36. The summed E-state index contributed by atoms with van der Waals surface area (Å²) in [7, 11) is 0. The van der Waals surface area contributed by atoms with Gasteiger partial charge in [-0.2, -0.15) is 0 Å². The van der Waals surface area contributed by atoms with Crippen LogP contribution in [0.1, 0.15) is 32.9 Å². The second-order valence-corrected chi connectivity index (χ2v) is 5.87. The number of aromatic nitrogens is 1. The molecule has 2 heterocycles. The number of rotatable bonds is 6. The van der Waals surface area contributed by atoms with Gasteiger partial charge in [-0.25, -0.2) is 0 Å². The number of anilines is 1. The van der Waals surface area contributed by atoms with E-state index < -0.39 is 0 Å². The van der Waals surface area contributed by atoms with E-state index in [9.17, 15) is 0 Å². The van der Waals surface area contributed by atoms with E-state index in [0.717, 1.165) is 32.6 Å². The van der Waals surface area contributed by atoms with Crippen molar-refractivity contribution < 1.29 is 0 Å². The number of hydrogen-bond donors (Lipinski definition) is 1. The van der Waals surface area contributed by atoms with Crippen LogP contribution in [0.5, 0.6) is 0 Å². The molecule has 0 saturated carbocycles. The summed E-state index contributed by atoms with van der Waals surface area (Å²) in [6.07, 6.45) is 3.06. The quantitative estimate of drug-likeness (QED) is 0.864. The van der Waals surface area contributed by atoms with Crippen molar-refractivity contribution in [1.29, 1.82) is 0 Å². The van der Waals surface area contributed by atoms with Crippen LogP contribution in [0.3, 0.4) is 0 Å². The average molecular weight is 276 g/mol. The van der Waals surface area contributed by atoms with Gasteiger partial charge in [-0.1, -0.05) is 6.92 Å². The molecule has 0 aliphatic carbocycles. The third-order valence-electron chi connectivity index (χ3n) is 3.92. The first kappa shape index (κ1) is 15.3. The summed E-state index contributed by atoms with van der Waals surface area (Å²) in [5.41, 5.74) is 2.36. The number of nitrogens with zero attached hydrogens (tertiary/aromatic N) is 3. The molecule has 0 unspecified atom stereocenters. The fourth-order valence-corrected chi connectivity index (χ4v) is 2.61. The molecule has 0 atom stereocenters. The Kier molecular flexibility index (Phi) is 5.80. The van der Waals surface area contributed by atoms with E-state index >= 15 is 0 Å². The molecule has 1 aliphatic rings. The van der Waals surface area contributed by atoms with E-state index in [-0.39, 0.29) is 0 Å². The Bertz CT molecular complexity index is 397. The number of piperazine rings is 1. The van der Waals surface area contributed by atoms with E-state index in [0.29, 0.717) is 6.04 Å². The fraction of sp³-hybridized carbons (Fsp3) is 0.688. The Balaban J connectivity index is 1.84. The maximum absolute atomic E-state index is 4.50. The van der Waals surface area contributed by atoms with Gasteiger partial charge in [-0.3, -0.25) is 14.8 Å². The van der Waals surface area contributed by atoms with Crippen LogP contribution in [0, 0.1) is 0 Å². The Morgan fingerprint density at radius 3 is 2.65 bits per heavy atom. The van der Waals surface area contributed by atoms with Gasteiger partial charge >= 0.3 is 0 Å². The average Bonchev–Trinajstić information content (AvgIpc) is 2.46. The van der Waals surface area contributed by atoms with Crippen molar-refractivity contribution in [2.24, 2.45) is 0 Å². The first-order valence-corrected chi connectivity index (χ1v) is 7.84. The lowest BCUT2D eigenvalue weighted by molar-refractivity contribution is 0.103. The Morgan fingerprint density at radius 1 is 1.25 bits per heavy atom. The van der Waals surface area contributed by atoms with E-state index in [4.69, 9.17) is 0 Å². The van der Waals surface area contributed by atoms with Crippen LogP contribution >= 0.6 is 0 Å². The summed E-state index contributed by atoms with van der Waals surface area (Å²) in [6, 6.07) is 4.90. The summed E-state index contributed by atoms with van der Waals surface area (Å²) < 4.78 is 0. The van der Waals surface area contributed by atoms with E-state index in [1.54, 1.807) is 0 Å². The lowest BCUT2D eigenvalue weighted by Crippen LogP contribution is -2.48. The molecular formula is C16H28N4. The highest BCUT2D eigenvalue weighted by Crippen LogP contribution is 2.12. The van der Waals surface area contributed by atoms with Crippen LogP contribution in [0.4, 0.5) is 5.69 Å². The SMILES string of the molecule is CCCNc1ccnc(CN2CCN(C(C)C)CC2)c1. The zero-order valence-corrected chi connectivity index (χ0v) is 13.1. The standard InChI is InChI=1S/C16H28N4/c1-4-6-17-15-5-7-18-16(12-15)13-19-8-10-20(11-9-19)14(2)3/h5,7,12,14H,4,6,8-11,13H2,1-3H3,(H,17,18). The largest absolute Gasteiger partial charge is 0.385 e. The minimum Gasteiger partial charge on any atom is -0.385 e. The molecule has 1 fully saturated rings. The molecule has 4 heteroatoms. The second kappa shape index (κ2) is 7.60. The van der Waals surface area contributed by atoms with Gasteiger partial charge in [0.15, 0.2) is 0 Å². The monoisotopic (exact) mass is 276 g/mol. The third-order valence-corrected chi connectivity index (χ3v) is 3.92. The maximum Gasteiger partial charge on any atom is 0.0564 e. The molecule has 1 aliphatic heterocycles. The molecule has 1 N–H and O–H groups in total. The number of nitrogens with one attached hydrogen (secondary N) is 1. The molecule has 1 aromatic rings.